The molecule has 0 heterocycles. The highest BCUT2D eigenvalue weighted by Gasteiger charge is 2.01. The van der Waals surface area contributed by atoms with Crippen molar-refractivity contribution in [2.75, 3.05) is 20.3 Å². The number of unbranched alkanes of at least 4 members (excludes halogenated alkanes) is 2. The van der Waals surface area contributed by atoms with E-state index in [1.807, 2.05) is 31.2 Å². The summed E-state index contributed by atoms with van der Waals surface area (Å²) in [5.41, 5.74) is 1.11. The predicted octanol–water partition coefficient (Wildman–Crippen LogP) is 3.34. The summed E-state index contributed by atoms with van der Waals surface area (Å²) in [5, 5.41) is 0. The third-order valence-electron chi connectivity index (χ3n) is 2.88. The molecule has 1 aromatic rings. The Balaban J connectivity index is 2.03. The Kier molecular flexibility index (Phi) is 8.47. The third kappa shape index (κ3) is 7.14. The summed E-state index contributed by atoms with van der Waals surface area (Å²) in [5.74, 6) is 0.741. The Bertz CT molecular complexity index is 390. The van der Waals surface area contributed by atoms with Gasteiger partial charge < -0.3 is 14.2 Å². The second-order valence-corrected chi connectivity index (χ2v) is 4.52. The first-order valence-electron chi connectivity index (χ1n) is 7.12. The zero-order valence-corrected chi connectivity index (χ0v) is 12.4. The van der Waals surface area contributed by atoms with E-state index < -0.39 is 0 Å². The van der Waals surface area contributed by atoms with Crippen LogP contribution in [0.25, 0.3) is 0 Å². The minimum Gasteiger partial charge on any atom is -0.497 e. The minimum atomic E-state index is -0.107. The molecule has 0 fully saturated rings. The summed E-state index contributed by atoms with van der Waals surface area (Å²) in [6, 6.07) is 7.86. The lowest BCUT2D eigenvalue weighted by Crippen LogP contribution is -2.03. The topological polar surface area (TPSA) is 44.8 Å². The Morgan fingerprint density at radius 2 is 2.05 bits per heavy atom. The summed E-state index contributed by atoms with van der Waals surface area (Å²) < 4.78 is 15.6. The van der Waals surface area contributed by atoms with Gasteiger partial charge in [0.25, 0.3) is 0 Å². The SMILES string of the molecule is CCOC(=O)CCCCCOCc1cccc(OC)c1. The zero-order chi connectivity index (χ0) is 14.6. The molecule has 0 atom stereocenters. The molecule has 0 spiro atoms. The van der Waals surface area contributed by atoms with Gasteiger partial charge in [-0.25, -0.2) is 0 Å². The largest absolute Gasteiger partial charge is 0.497 e. The van der Waals surface area contributed by atoms with E-state index >= 15 is 0 Å². The Labute approximate surface area is 121 Å². The van der Waals surface area contributed by atoms with E-state index in [1.54, 1.807) is 7.11 Å². The number of ether oxygens (including phenoxy) is 3. The lowest BCUT2D eigenvalue weighted by molar-refractivity contribution is -0.143. The molecule has 0 amide bonds. The number of esters is 1. The van der Waals surface area contributed by atoms with Gasteiger partial charge in [0.05, 0.1) is 20.3 Å². The predicted molar refractivity (Wildman–Crippen MR) is 77.8 cm³/mol. The molecule has 0 unspecified atom stereocenters. The van der Waals surface area contributed by atoms with Gasteiger partial charge in [-0.15, -0.1) is 0 Å². The smallest absolute Gasteiger partial charge is 0.305 e. The number of hydrogen-bond acceptors (Lipinski definition) is 4. The molecule has 1 aromatic carbocycles. The van der Waals surface area contributed by atoms with Crippen LogP contribution in [-0.2, 0) is 20.9 Å². The first-order chi connectivity index (χ1) is 9.76. The molecule has 0 aromatic heterocycles. The van der Waals surface area contributed by atoms with Crippen LogP contribution >= 0.6 is 0 Å². The summed E-state index contributed by atoms with van der Waals surface area (Å²) in [7, 11) is 1.66. The molecule has 0 aliphatic heterocycles. The quantitative estimate of drug-likeness (QED) is 0.487. The molecule has 0 N–H and O–H groups in total. The average molecular weight is 280 g/mol. The molecule has 4 nitrogen and oxygen atoms in total. The van der Waals surface area contributed by atoms with Crippen LogP contribution in [0, 0.1) is 0 Å². The molecule has 0 bridgehead atoms. The normalized spacial score (nSPS) is 10.3. The van der Waals surface area contributed by atoms with E-state index in [2.05, 4.69) is 0 Å². The van der Waals surface area contributed by atoms with Gasteiger partial charge in [-0.2, -0.15) is 0 Å². The van der Waals surface area contributed by atoms with Gasteiger partial charge in [0.1, 0.15) is 5.75 Å². The van der Waals surface area contributed by atoms with Gasteiger partial charge in [-0.05, 0) is 37.5 Å². The van der Waals surface area contributed by atoms with Crippen LogP contribution in [-0.4, -0.2) is 26.3 Å². The van der Waals surface area contributed by atoms with E-state index in [0.717, 1.165) is 30.6 Å². The Hall–Kier alpha value is -1.55. The second-order valence-electron chi connectivity index (χ2n) is 4.52. The van der Waals surface area contributed by atoms with Crippen molar-refractivity contribution in [1.82, 2.24) is 0 Å². The number of carbonyl (C=O) groups is 1. The highest BCUT2D eigenvalue weighted by atomic mass is 16.5. The van der Waals surface area contributed by atoms with Crippen molar-refractivity contribution in [3.63, 3.8) is 0 Å². The van der Waals surface area contributed by atoms with Crippen molar-refractivity contribution in [3.05, 3.63) is 29.8 Å². The molecule has 0 saturated carbocycles. The second kappa shape index (κ2) is 10.3. The summed E-state index contributed by atoms with van der Waals surface area (Å²) in [6.07, 6.45) is 3.31. The third-order valence-corrected chi connectivity index (χ3v) is 2.88. The first kappa shape index (κ1) is 16.5. The molecule has 0 radical (unpaired) electrons. The van der Waals surface area contributed by atoms with Gasteiger partial charge in [0, 0.05) is 13.0 Å². The van der Waals surface area contributed by atoms with Crippen LogP contribution in [0.3, 0.4) is 0 Å². The van der Waals surface area contributed by atoms with Crippen molar-refractivity contribution in [1.29, 1.82) is 0 Å². The number of rotatable bonds is 10. The lowest BCUT2D eigenvalue weighted by Gasteiger charge is -2.06. The van der Waals surface area contributed by atoms with Gasteiger partial charge in [-0.1, -0.05) is 18.6 Å². The van der Waals surface area contributed by atoms with Crippen LogP contribution in [0.1, 0.15) is 38.2 Å². The monoisotopic (exact) mass is 280 g/mol. The highest BCUT2D eigenvalue weighted by Crippen LogP contribution is 2.13. The standard InChI is InChI=1S/C16H24O4/c1-3-20-16(17)10-5-4-6-11-19-13-14-8-7-9-15(12-14)18-2/h7-9,12H,3-6,10-11,13H2,1-2H3. The molecule has 1 rings (SSSR count). The van der Waals surface area contributed by atoms with Crippen molar-refractivity contribution >= 4 is 5.97 Å². The fourth-order valence-corrected chi connectivity index (χ4v) is 1.84. The fourth-order valence-electron chi connectivity index (χ4n) is 1.84. The van der Waals surface area contributed by atoms with Crippen LogP contribution < -0.4 is 4.74 Å². The molecular formula is C16H24O4. The van der Waals surface area contributed by atoms with Crippen molar-refractivity contribution < 1.29 is 19.0 Å². The summed E-state index contributed by atoms with van der Waals surface area (Å²) >= 11 is 0. The minimum absolute atomic E-state index is 0.107. The van der Waals surface area contributed by atoms with Gasteiger partial charge in [0.2, 0.25) is 0 Å². The van der Waals surface area contributed by atoms with E-state index in [4.69, 9.17) is 14.2 Å². The number of carbonyl (C=O) groups excluding carboxylic acids is 1. The van der Waals surface area contributed by atoms with Gasteiger partial charge in [0.15, 0.2) is 0 Å². The zero-order valence-electron chi connectivity index (χ0n) is 12.4. The van der Waals surface area contributed by atoms with Crippen LogP contribution in [0.2, 0.25) is 0 Å². The molecule has 0 aliphatic carbocycles. The molecule has 0 aliphatic rings. The average Bonchev–Trinajstić information content (AvgIpc) is 2.47. The maximum absolute atomic E-state index is 11.1. The van der Waals surface area contributed by atoms with E-state index in [0.29, 0.717) is 26.2 Å². The molecule has 112 valence electrons. The molecule has 4 heteroatoms. The molecule has 20 heavy (non-hydrogen) atoms. The Morgan fingerprint density at radius 3 is 2.80 bits per heavy atom. The maximum atomic E-state index is 11.1. The van der Waals surface area contributed by atoms with E-state index in [1.165, 1.54) is 0 Å². The van der Waals surface area contributed by atoms with Gasteiger partial charge in [-0.3, -0.25) is 4.79 Å². The van der Waals surface area contributed by atoms with Gasteiger partial charge >= 0.3 is 5.97 Å². The molecular weight excluding hydrogens is 256 g/mol. The number of methoxy groups -OCH3 is 1. The lowest BCUT2D eigenvalue weighted by atomic mass is 10.2. The van der Waals surface area contributed by atoms with Crippen molar-refractivity contribution in [3.8, 4) is 5.75 Å². The number of benzene rings is 1. The fraction of sp³-hybridized carbons (Fsp3) is 0.562. The van der Waals surface area contributed by atoms with Crippen LogP contribution in [0.5, 0.6) is 5.75 Å². The highest BCUT2D eigenvalue weighted by molar-refractivity contribution is 5.69. The molecule has 0 saturated heterocycles. The van der Waals surface area contributed by atoms with Crippen molar-refractivity contribution in [2.24, 2.45) is 0 Å². The van der Waals surface area contributed by atoms with E-state index in [9.17, 15) is 4.79 Å². The maximum Gasteiger partial charge on any atom is 0.305 e. The van der Waals surface area contributed by atoms with E-state index in [-0.39, 0.29) is 5.97 Å². The number of hydrogen-bond donors (Lipinski definition) is 0. The Morgan fingerprint density at radius 1 is 1.20 bits per heavy atom. The first-order valence-corrected chi connectivity index (χ1v) is 7.12. The van der Waals surface area contributed by atoms with Crippen LogP contribution in [0.4, 0.5) is 0 Å². The summed E-state index contributed by atoms with van der Waals surface area (Å²) in [4.78, 5) is 11.1. The van der Waals surface area contributed by atoms with Crippen LogP contribution in [0.15, 0.2) is 24.3 Å². The van der Waals surface area contributed by atoms with Crippen molar-refractivity contribution in [2.45, 2.75) is 39.2 Å². The summed E-state index contributed by atoms with van der Waals surface area (Å²) in [6.45, 7) is 3.59.